The van der Waals surface area contributed by atoms with Gasteiger partial charge in [0.05, 0.1) is 30.9 Å². The Labute approximate surface area is 157 Å². The lowest BCUT2D eigenvalue weighted by Crippen LogP contribution is -2.05. The molecule has 0 aliphatic carbocycles. The third kappa shape index (κ3) is 3.26. The number of aromatic nitrogens is 5. The highest BCUT2D eigenvalue weighted by Gasteiger charge is 2.19. The smallest absolute Gasteiger partial charge is 0.254 e. The minimum atomic E-state index is -0.718. The summed E-state index contributed by atoms with van der Waals surface area (Å²) in [6, 6.07) is 7.48. The largest absolute Gasteiger partial charge is 0.476 e. The van der Waals surface area contributed by atoms with Crippen LogP contribution in [0.15, 0.2) is 42.7 Å². The Morgan fingerprint density at radius 3 is 2.64 bits per heavy atom. The predicted octanol–water partition coefficient (Wildman–Crippen LogP) is 3.75. The van der Waals surface area contributed by atoms with Gasteiger partial charge in [0.1, 0.15) is 17.3 Å². The van der Waals surface area contributed by atoms with E-state index in [2.05, 4.69) is 20.1 Å². The molecule has 3 aromatic heterocycles. The Morgan fingerprint density at radius 1 is 1.04 bits per heavy atom. The first-order valence-electron chi connectivity index (χ1n) is 8.48. The van der Waals surface area contributed by atoms with E-state index in [1.807, 2.05) is 0 Å². The van der Waals surface area contributed by atoms with Gasteiger partial charge in [-0.3, -0.25) is 0 Å². The molecule has 0 bridgehead atoms. The Hall–Kier alpha value is -3.49. The number of fused-ring (bicyclic) bond motifs is 1. The van der Waals surface area contributed by atoms with E-state index in [9.17, 15) is 13.2 Å². The molecule has 28 heavy (non-hydrogen) atoms. The topological polar surface area (TPSA) is 65.7 Å². The molecule has 0 saturated carbocycles. The molecule has 0 N–H and O–H groups in total. The van der Waals surface area contributed by atoms with Crippen molar-refractivity contribution in [2.45, 2.75) is 13.5 Å². The predicted molar refractivity (Wildman–Crippen MR) is 95.1 cm³/mol. The van der Waals surface area contributed by atoms with E-state index >= 15 is 0 Å². The molecule has 3 heterocycles. The minimum absolute atomic E-state index is 0.0505. The first-order valence-corrected chi connectivity index (χ1v) is 8.48. The number of halogens is 3. The quantitative estimate of drug-likeness (QED) is 0.523. The summed E-state index contributed by atoms with van der Waals surface area (Å²) in [6.45, 7) is 1.98. The summed E-state index contributed by atoms with van der Waals surface area (Å²) in [4.78, 5) is 12.1. The van der Waals surface area contributed by atoms with Crippen LogP contribution in [0.1, 0.15) is 12.5 Å². The molecule has 0 unspecified atom stereocenters. The highest BCUT2D eigenvalue weighted by atomic mass is 19.1. The molecule has 1 aromatic carbocycles. The number of hydrogen-bond donors (Lipinski definition) is 0. The average Bonchev–Trinajstić information content (AvgIpc) is 3.03. The Morgan fingerprint density at radius 2 is 1.86 bits per heavy atom. The van der Waals surface area contributed by atoms with E-state index in [-0.39, 0.29) is 30.5 Å². The van der Waals surface area contributed by atoms with Crippen molar-refractivity contribution in [2.24, 2.45) is 0 Å². The first kappa shape index (κ1) is 17.9. The van der Waals surface area contributed by atoms with Crippen LogP contribution in [0.5, 0.6) is 5.88 Å². The highest BCUT2D eigenvalue weighted by molar-refractivity contribution is 5.89. The fraction of sp³-hybridized carbons (Fsp3) is 0.158. The summed E-state index contributed by atoms with van der Waals surface area (Å²) in [5.41, 5.74) is 0.907. The fourth-order valence-electron chi connectivity index (χ4n) is 2.80. The summed E-state index contributed by atoms with van der Waals surface area (Å²) < 4.78 is 48.2. The van der Waals surface area contributed by atoms with Crippen molar-refractivity contribution >= 4 is 11.0 Å². The van der Waals surface area contributed by atoms with Gasteiger partial charge in [0, 0.05) is 5.56 Å². The van der Waals surface area contributed by atoms with E-state index in [4.69, 9.17) is 4.74 Å². The number of pyridine rings is 1. The second-order valence-electron chi connectivity index (χ2n) is 5.90. The SMILES string of the molecule is CCOc1nc(-c2nn(Cc3ccccc3F)c3ncc(F)cc23)ncc1F. The summed E-state index contributed by atoms with van der Waals surface area (Å²) in [5.74, 6) is -1.87. The molecule has 9 heteroatoms. The zero-order valence-electron chi connectivity index (χ0n) is 14.7. The molecule has 0 aliphatic heterocycles. The van der Waals surface area contributed by atoms with Crippen LogP contribution >= 0.6 is 0 Å². The van der Waals surface area contributed by atoms with Crippen LogP contribution in [0.25, 0.3) is 22.6 Å². The molecular weight excluding hydrogens is 371 g/mol. The number of benzene rings is 1. The zero-order valence-corrected chi connectivity index (χ0v) is 14.7. The second kappa shape index (κ2) is 7.26. The van der Waals surface area contributed by atoms with Crippen LogP contribution in [0.3, 0.4) is 0 Å². The Balaban J connectivity index is 1.86. The Kier molecular flexibility index (Phi) is 4.64. The lowest BCUT2D eigenvalue weighted by atomic mass is 10.2. The molecule has 4 aromatic rings. The lowest BCUT2D eigenvalue weighted by Gasteiger charge is -2.05. The summed E-state index contributed by atoms with van der Waals surface area (Å²) in [7, 11) is 0. The van der Waals surface area contributed by atoms with Gasteiger partial charge in [0.2, 0.25) is 5.82 Å². The Bertz CT molecular complexity index is 1160. The monoisotopic (exact) mass is 385 g/mol. The van der Waals surface area contributed by atoms with Gasteiger partial charge in [-0.15, -0.1) is 0 Å². The van der Waals surface area contributed by atoms with Gasteiger partial charge in [-0.05, 0) is 19.1 Å². The summed E-state index contributed by atoms with van der Waals surface area (Å²) in [6.07, 6.45) is 2.00. The second-order valence-corrected chi connectivity index (χ2v) is 5.90. The normalized spacial score (nSPS) is 11.1. The number of ether oxygens (including phenoxy) is 1. The number of nitrogens with zero attached hydrogens (tertiary/aromatic N) is 5. The number of rotatable bonds is 5. The molecule has 0 atom stereocenters. The van der Waals surface area contributed by atoms with Crippen LogP contribution in [0, 0.1) is 17.5 Å². The standard InChI is InChI=1S/C19H14F3N5O/c1-2-28-19-15(22)9-23-17(25-19)16-13-7-12(20)8-24-18(13)27(26-16)10-11-5-3-4-6-14(11)21/h3-9H,2,10H2,1H3. The summed E-state index contributed by atoms with van der Waals surface area (Å²) in [5, 5.41) is 4.71. The van der Waals surface area contributed by atoms with Crippen molar-refractivity contribution in [3.63, 3.8) is 0 Å². The maximum absolute atomic E-state index is 14.0. The van der Waals surface area contributed by atoms with E-state index in [1.54, 1.807) is 25.1 Å². The molecule has 0 saturated heterocycles. The molecule has 0 aliphatic rings. The van der Waals surface area contributed by atoms with Crippen molar-refractivity contribution in [3.05, 3.63) is 65.7 Å². The van der Waals surface area contributed by atoms with Crippen LogP contribution < -0.4 is 4.74 Å². The molecule has 0 fully saturated rings. The van der Waals surface area contributed by atoms with E-state index in [1.165, 1.54) is 16.8 Å². The van der Waals surface area contributed by atoms with Crippen molar-refractivity contribution in [2.75, 3.05) is 6.61 Å². The van der Waals surface area contributed by atoms with E-state index in [0.717, 1.165) is 12.4 Å². The van der Waals surface area contributed by atoms with Crippen LogP contribution in [-0.4, -0.2) is 31.3 Å². The van der Waals surface area contributed by atoms with Crippen molar-refractivity contribution in [3.8, 4) is 17.4 Å². The van der Waals surface area contributed by atoms with Gasteiger partial charge in [-0.25, -0.2) is 23.4 Å². The lowest BCUT2D eigenvalue weighted by molar-refractivity contribution is 0.306. The van der Waals surface area contributed by atoms with Crippen LogP contribution in [0.2, 0.25) is 0 Å². The minimum Gasteiger partial charge on any atom is -0.476 e. The molecule has 142 valence electrons. The maximum atomic E-state index is 14.0. The van der Waals surface area contributed by atoms with Gasteiger partial charge in [0.25, 0.3) is 5.88 Å². The number of hydrogen-bond acceptors (Lipinski definition) is 5. The third-order valence-corrected chi connectivity index (χ3v) is 4.04. The zero-order chi connectivity index (χ0) is 19.7. The summed E-state index contributed by atoms with van der Waals surface area (Å²) >= 11 is 0. The van der Waals surface area contributed by atoms with Gasteiger partial charge < -0.3 is 4.74 Å². The van der Waals surface area contributed by atoms with Crippen LogP contribution in [-0.2, 0) is 6.54 Å². The first-order chi connectivity index (χ1) is 13.6. The van der Waals surface area contributed by atoms with E-state index < -0.39 is 17.5 Å². The van der Waals surface area contributed by atoms with Crippen molar-refractivity contribution < 1.29 is 17.9 Å². The van der Waals surface area contributed by atoms with Crippen LogP contribution in [0.4, 0.5) is 13.2 Å². The van der Waals surface area contributed by atoms with Gasteiger partial charge in [0.15, 0.2) is 11.5 Å². The molecule has 0 spiro atoms. The highest BCUT2D eigenvalue weighted by Crippen LogP contribution is 2.27. The fourth-order valence-corrected chi connectivity index (χ4v) is 2.80. The van der Waals surface area contributed by atoms with Gasteiger partial charge in [-0.2, -0.15) is 14.5 Å². The maximum Gasteiger partial charge on any atom is 0.254 e. The molecule has 6 nitrogen and oxygen atoms in total. The van der Waals surface area contributed by atoms with Gasteiger partial charge in [-0.1, -0.05) is 18.2 Å². The third-order valence-electron chi connectivity index (χ3n) is 4.04. The van der Waals surface area contributed by atoms with Crippen molar-refractivity contribution in [1.29, 1.82) is 0 Å². The average molecular weight is 385 g/mol. The molecule has 0 amide bonds. The van der Waals surface area contributed by atoms with Gasteiger partial charge >= 0.3 is 0 Å². The van der Waals surface area contributed by atoms with E-state index in [0.29, 0.717) is 16.6 Å². The molecular formula is C19H14F3N5O. The molecule has 4 rings (SSSR count). The van der Waals surface area contributed by atoms with Crippen molar-refractivity contribution in [1.82, 2.24) is 24.7 Å². The molecule has 0 radical (unpaired) electrons.